The molecule has 3 aromatic heterocycles. The van der Waals surface area contributed by atoms with Crippen molar-refractivity contribution < 1.29 is 27.8 Å². The van der Waals surface area contributed by atoms with E-state index >= 15 is 0 Å². The van der Waals surface area contributed by atoms with Crippen LogP contribution in [0.3, 0.4) is 0 Å². The first-order chi connectivity index (χ1) is 20.4. The van der Waals surface area contributed by atoms with Gasteiger partial charge in [0.25, 0.3) is 11.5 Å². The lowest BCUT2D eigenvalue weighted by Gasteiger charge is -2.26. The van der Waals surface area contributed by atoms with Gasteiger partial charge in [-0.25, -0.2) is 8.91 Å². The number of aromatic nitrogens is 4. The number of halogens is 2. The van der Waals surface area contributed by atoms with Crippen LogP contribution in [-0.2, 0) is 4.74 Å². The maximum atomic E-state index is 14.1. The van der Waals surface area contributed by atoms with Gasteiger partial charge in [0, 0.05) is 29.6 Å². The molecule has 0 atom stereocenters. The van der Waals surface area contributed by atoms with Gasteiger partial charge in [-0.3, -0.25) is 14.4 Å². The average molecular weight is 570 g/mol. The maximum absolute atomic E-state index is 14.1. The number of morpholine rings is 1. The van der Waals surface area contributed by atoms with Crippen molar-refractivity contribution in [2.45, 2.75) is 0 Å². The summed E-state index contributed by atoms with van der Waals surface area (Å²) in [5, 5.41) is 5.18. The SMILES string of the molecule is O=C(c1cc2cc(C(=O)N3CCOCC3)ccc2[nH]1)c1cnn2c1[nH]c(=O)c1cc(Oc3cccc(F)c3F)ccc12. The Kier molecular flexibility index (Phi) is 6.05. The number of aromatic amines is 2. The van der Waals surface area contributed by atoms with Crippen molar-refractivity contribution in [3.63, 3.8) is 0 Å². The summed E-state index contributed by atoms with van der Waals surface area (Å²) >= 11 is 0. The molecule has 1 aliphatic heterocycles. The summed E-state index contributed by atoms with van der Waals surface area (Å²) in [5.41, 5.74) is 1.64. The predicted octanol–water partition coefficient (Wildman–Crippen LogP) is 4.43. The van der Waals surface area contributed by atoms with Gasteiger partial charge in [0.2, 0.25) is 11.6 Å². The summed E-state index contributed by atoms with van der Waals surface area (Å²) in [6.07, 6.45) is 1.36. The van der Waals surface area contributed by atoms with Gasteiger partial charge in [-0.1, -0.05) is 6.07 Å². The number of ether oxygens (including phenoxy) is 2. The number of nitrogens with one attached hydrogen (secondary N) is 2. The molecule has 2 N–H and O–H groups in total. The van der Waals surface area contributed by atoms with Gasteiger partial charge in [0.05, 0.1) is 41.6 Å². The first-order valence-corrected chi connectivity index (χ1v) is 13.1. The smallest absolute Gasteiger partial charge is 0.259 e. The van der Waals surface area contributed by atoms with Gasteiger partial charge in [0.1, 0.15) is 11.4 Å². The molecule has 7 rings (SSSR count). The minimum Gasteiger partial charge on any atom is -0.454 e. The normalized spacial score (nSPS) is 13.7. The molecule has 1 saturated heterocycles. The number of nitrogens with zero attached hydrogens (tertiary/aromatic N) is 3. The van der Waals surface area contributed by atoms with E-state index in [9.17, 15) is 23.2 Å². The molecule has 0 spiro atoms. The highest BCUT2D eigenvalue weighted by atomic mass is 19.2. The number of hydrogen-bond acceptors (Lipinski definition) is 6. The molecule has 10 nitrogen and oxygen atoms in total. The first kappa shape index (κ1) is 25.6. The van der Waals surface area contributed by atoms with Crippen molar-refractivity contribution in [3.05, 3.63) is 106 Å². The number of carbonyl (C=O) groups is 2. The Morgan fingerprint density at radius 1 is 0.976 bits per heavy atom. The molecule has 1 fully saturated rings. The quantitative estimate of drug-likeness (QED) is 0.296. The van der Waals surface area contributed by atoms with Crippen molar-refractivity contribution in [3.8, 4) is 11.5 Å². The number of amides is 1. The molecule has 0 bridgehead atoms. The van der Waals surface area contributed by atoms with E-state index in [0.717, 1.165) is 6.07 Å². The van der Waals surface area contributed by atoms with Crippen molar-refractivity contribution in [1.82, 2.24) is 24.5 Å². The van der Waals surface area contributed by atoms with Gasteiger partial charge in [-0.05, 0) is 54.6 Å². The van der Waals surface area contributed by atoms with Crippen molar-refractivity contribution in [1.29, 1.82) is 0 Å². The monoisotopic (exact) mass is 569 g/mol. The highest BCUT2D eigenvalue weighted by Crippen LogP contribution is 2.28. The molecule has 3 aromatic carbocycles. The van der Waals surface area contributed by atoms with Crippen LogP contribution in [0.25, 0.3) is 27.5 Å². The summed E-state index contributed by atoms with van der Waals surface area (Å²) in [5.74, 6) is -2.91. The summed E-state index contributed by atoms with van der Waals surface area (Å²) in [4.78, 5) is 47.0. The van der Waals surface area contributed by atoms with E-state index < -0.39 is 23.0 Å². The fraction of sp³-hybridized carbons (Fsp3) is 0.133. The van der Waals surface area contributed by atoms with Crippen LogP contribution in [-0.4, -0.2) is 62.5 Å². The van der Waals surface area contributed by atoms with Crippen LogP contribution in [0.2, 0.25) is 0 Å². The molecule has 12 heteroatoms. The Morgan fingerprint density at radius 2 is 1.81 bits per heavy atom. The lowest BCUT2D eigenvalue weighted by atomic mass is 10.1. The number of carbonyl (C=O) groups excluding carboxylic acids is 2. The Hall–Kier alpha value is -5.36. The van der Waals surface area contributed by atoms with Crippen LogP contribution in [0.1, 0.15) is 26.4 Å². The Labute approximate surface area is 235 Å². The highest BCUT2D eigenvalue weighted by Gasteiger charge is 2.22. The van der Waals surface area contributed by atoms with E-state index in [1.54, 1.807) is 35.2 Å². The number of hydrogen-bond donors (Lipinski definition) is 2. The third kappa shape index (κ3) is 4.29. The van der Waals surface area contributed by atoms with Gasteiger partial charge in [-0.2, -0.15) is 9.49 Å². The molecule has 1 amide bonds. The molecule has 42 heavy (non-hydrogen) atoms. The molecule has 210 valence electrons. The van der Waals surface area contributed by atoms with Gasteiger partial charge < -0.3 is 24.3 Å². The van der Waals surface area contributed by atoms with Gasteiger partial charge in [-0.15, -0.1) is 0 Å². The van der Waals surface area contributed by atoms with Crippen molar-refractivity contribution in [2.24, 2.45) is 0 Å². The predicted molar refractivity (Wildman–Crippen MR) is 148 cm³/mol. The third-order valence-electron chi connectivity index (χ3n) is 7.24. The highest BCUT2D eigenvalue weighted by molar-refractivity contribution is 6.14. The Bertz CT molecular complexity index is 2110. The van der Waals surface area contributed by atoms with Crippen LogP contribution in [0, 0.1) is 11.6 Å². The fourth-order valence-electron chi connectivity index (χ4n) is 5.11. The minimum absolute atomic E-state index is 0.101. The molecule has 0 radical (unpaired) electrons. The van der Waals surface area contributed by atoms with Crippen LogP contribution < -0.4 is 10.3 Å². The van der Waals surface area contributed by atoms with Gasteiger partial charge >= 0.3 is 0 Å². The van der Waals surface area contributed by atoms with Gasteiger partial charge in [0.15, 0.2) is 11.6 Å². The molecule has 4 heterocycles. The largest absolute Gasteiger partial charge is 0.454 e. The average Bonchev–Trinajstić information content (AvgIpc) is 3.63. The summed E-state index contributed by atoms with van der Waals surface area (Å²) in [6, 6.07) is 14.8. The molecule has 0 aliphatic carbocycles. The van der Waals surface area contributed by atoms with E-state index in [1.165, 1.54) is 35.0 Å². The summed E-state index contributed by atoms with van der Waals surface area (Å²) in [7, 11) is 0. The molecular weight excluding hydrogens is 548 g/mol. The number of ketones is 1. The Balaban J connectivity index is 1.21. The minimum atomic E-state index is -1.14. The molecular formula is C30H21F2N5O5. The standard InChI is InChI=1S/C30H21F2N5O5/c31-21-2-1-3-25(26(21)32)42-18-5-7-24-19(14-18)29(39)35-28-20(15-33-37(24)28)27(38)23-13-17-12-16(4-6-22(17)34-23)30(40)36-8-10-41-11-9-36/h1-7,12-15,34H,8-11H2,(H,35,39). The maximum Gasteiger partial charge on any atom is 0.259 e. The zero-order chi connectivity index (χ0) is 29.0. The van der Waals surface area contributed by atoms with E-state index in [1.807, 2.05) is 0 Å². The molecule has 1 aliphatic rings. The lowest BCUT2D eigenvalue weighted by Crippen LogP contribution is -2.40. The van der Waals surface area contributed by atoms with Crippen LogP contribution in [0.4, 0.5) is 8.78 Å². The van der Waals surface area contributed by atoms with Crippen LogP contribution in [0.5, 0.6) is 11.5 Å². The fourth-order valence-corrected chi connectivity index (χ4v) is 5.11. The van der Waals surface area contributed by atoms with E-state index in [-0.39, 0.29) is 39.7 Å². The summed E-state index contributed by atoms with van der Waals surface area (Å²) < 4.78 is 39.8. The zero-order valence-electron chi connectivity index (χ0n) is 21.8. The topological polar surface area (TPSA) is 122 Å². The van der Waals surface area contributed by atoms with Crippen LogP contribution >= 0.6 is 0 Å². The lowest BCUT2D eigenvalue weighted by molar-refractivity contribution is 0.0303. The second-order valence-electron chi connectivity index (χ2n) is 9.82. The molecule has 6 aromatic rings. The van der Waals surface area contributed by atoms with Crippen molar-refractivity contribution >= 4 is 39.1 Å². The number of benzene rings is 3. The second kappa shape index (κ2) is 9.93. The van der Waals surface area contributed by atoms with E-state index in [2.05, 4.69) is 15.1 Å². The third-order valence-corrected chi connectivity index (χ3v) is 7.24. The van der Waals surface area contributed by atoms with Crippen LogP contribution in [0.15, 0.2) is 71.7 Å². The number of fused-ring (bicyclic) bond motifs is 4. The molecule has 0 unspecified atom stereocenters. The van der Waals surface area contributed by atoms with Crippen molar-refractivity contribution in [2.75, 3.05) is 26.3 Å². The second-order valence-corrected chi connectivity index (χ2v) is 9.82. The first-order valence-electron chi connectivity index (χ1n) is 13.1. The Morgan fingerprint density at radius 3 is 2.64 bits per heavy atom. The van der Waals surface area contributed by atoms with E-state index in [4.69, 9.17) is 9.47 Å². The zero-order valence-corrected chi connectivity index (χ0v) is 21.8. The summed E-state index contributed by atoms with van der Waals surface area (Å²) in [6.45, 7) is 2.04. The number of H-pyrrole nitrogens is 2. The van der Waals surface area contributed by atoms with E-state index in [0.29, 0.717) is 48.3 Å². The molecule has 0 saturated carbocycles. The number of rotatable bonds is 5.